The third-order valence-electron chi connectivity index (χ3n) is 6.55. The van der Waals surface area contributed by atoms with Gasteiger partial charge < -0.3 is 9.84 Å². The molecule has 2 heterocycles. The Morgan fingerprint density at radius 3 is 2.73 bits per heavy atom. The average Bonchev–Trinajstić information content (AvgIpc) is 3.27. The maximum Gasteiger partial charge on any atom is 0.219 e. The Morgan fingerprint density at radius 1 is 0.970 bits per heavy atom. The number of hydrogen-bond acceptors (Lipinski definition) is 5. The lowest BCUT2D eigenvalue weighted by Crippen LogP contribution is -2.36. The van der Waals surface area contributed by atoms with Crippen LogP contribution in [-0.4, -0.2) is 20.4 Å². The summed E-state index contributed by atoms with van der Waals surface area (Å²) in [6.07, 6.45) is 1.07. The van der Waals surface area contributed by atoms with Gasteiger partial charge >= 0.3 is 0 Å². The van der Waals surface area contributed by atoms with Crippen LogP contribution >= 0.6 is 11.8 Å². The fourth-order valence-corrected chi connectivity index (χ4v) is 6.35. The van der Waals surface area contributed by atoms with E-state index in [4.69, 9.17) is 9.73 Å². The van der Waals surface area contributed by atoms with Crippen LogP contribution < -0.4 is 4.74 Å². The van der Waals surface area contributed by atoms with Gasteiger partial charge in [-0.05, 0) is 47.2 Å². The summed E-state index contributed by atoms with van der Waals surface area (Å²) in [6.45, 7) is 4.71. The zero-order chi connectivity index (χ0) is 22.6. The molecule has 1 N–H and O–H groups in total. The van der Waals surface area contributed by atoms with Crippen molar-refractivity contribution in [2.45, 2.75) is 31.6 Å². The highest BCUT2D eigenvalue weighted by Gasteiger charge is 2.46. The summed E-state index contributed by atoms with van der Waals surface area (Å²) in [4.78, 5) is 9.69. The number of aromatic nitrogens is 1. The minimum atomic E-state index is 0.147. The first-order valence-corrected chi connectivity index (χ1v) is 12.1. The number of aromatic hydroxyl groups is 1. The van der Waals surface area contributed by atoms with Crippen LogP contribution in [0.15, 0.2) is 83.9 Å². The summed E-state index contributed by atoms with van der Waals surface area (Å²) in [5, 5.41) is 12.5. The van der Waals surface area contributed by atoms with Crippen LogP contribution in [0.3, 0.4) is 0 Å². The van der Waals surface area contributed by atoms with Crippen LogP contribution in [0.1, 0.15) is 36.6 Å². The molecule has 0 amide bonds. The SMILES string of the molecule is CC1(C)Cc2ccccc2[C@@H]2N=C(c3cccc(Oc4ccc5cccc(O)c5n4)c3)S[C@@H]21. The fraction of sp³-hybridized carbons (Fsp3) is 0.214. The molecule has 1 aromatic heterocycles. The van der Waals surface area contributed by atoms with Crippen molar-refractivity contribution in [2.24, 2.45) is 10.4 Å². The number of rotatable bonds is 3. The topological polar surface area (TPSA) is 54.7 Å². The molecule has 164 valence electrons. The molecule has 0 radical (unpaired) electrons. The van der Waals surface area contributed by atoms with Gasteiger partial charge in [-0.1, -0.05) is 74.1 Å². The van der Waals surface area contributed by atoms with E-state index in [-0.39, 0.29) is 17.2 Å². The highest BCUT2D eigenvalue weighted by atomic mass is 32.2. The fourth-order valence-electron chi connectivity index (χ4n) is 4.93. The van der Waals surface area contributed by atoms with Crippen molar-refractivity contribution >= 4 is 27.7 Å². The highest BCUT2D eigenvalue weighted by Crippen LogP contribution is 2.53. The largest absolute Gasteiger partial charge is 0.506 e. The second-order valence-electron chi connectivity index (χ2n) is 9.41. The van der Waals surface area contributed by atoms with Gasteiger partial charge in [0, 0.05) is 22.3 Å². The van der Waals surface area contributed by atoms with Gasteiger partial charge in [0.1, 0.15) is 17.0 Å². The summed E-state index contributed by atoms with van der Waals surface area (Å²) in [5.41, 5.74) is 4.53. The number of benzene rings is 3. The molecule has 0 unspecified atom stereocenters. The lowest BCUT2D eigenvalue weighted by Gasteiger charge is -2.40. The van der Waals surface area contributed by atoms with E-state index in [1.807, 2.05) is 48.2 Å². The summed E-state index contributed by atoms with van der Waals surface area (Å²) in [5.74, 6) is 1.30. The van der Waals surface area contributed by atoms with E-state index >= 15 is 0 Å². The lowest BCUT2D eigenvalue weighted by atomic mass is 9.71. The third kappa shape index (κ3) is 3.57. The van der Waals surface area contributed by atoms with Crippen molar-refractivity contribution in [1.29, 1.82) is 0 Å². The molecule has 0 fully saturated rings. The first kappa shape index (κ1) is 20.3. The molecule has 2 atom stereocenters. The van der Waals surface area contributed by atoms with Gasteiger partial charge in [0.05, 0.1) is 11.1 Å². The molecule has 0 saturated carbocycles. The first-order chi connectivity index (χ1) is 16.0. The van der Waals surface area contributed by atoms with E-state index in [9.17, 15) is 5.11 Å². The Morgan fingerprint density at radius 2 is 1.82 bits per heavy atom. The number of phenolic OH excluding ortho intramolecular Hbond substituents is 1. The number of pyridine rings is 1. The Labute approximate surface area is 197 Å². The molecule has 4 aromatic rings. The maximum absolute atomic E-state index is 10.1. The van der Waals surface area contributed by atoms with E-state index in [1.165, 1.54) is 11.1 Å². The summed E-state index contributed by atoms with van der Waals surface area (Å²) < 4.78 is 6.07. The number of aliphatic imine (C=N–C) groups is 1. The maximum atomic E-state index is 10.1. The van der Waals surface area contributed by atoms with Crippen LogP contribution in [0.5, 0.6) is 17.4 Å². The molecule has 33 heavy (non-hydrogen) atoms. The Bertz CT molecular complexity index is 1410. The van der Waals surface area contributed by atoms with Crippen molar-refractivity contribution in [3.05, 3.63) is 95.6 Å². The van der Waals surface area contributed by atoms with Crippen molar-refractivity contribution in [1.82, 2.24) is 4.98 Å². The molecule has 0 spiro atoms. The molecule has 4 nitrogen and oxygen atoms in total. The molecule has 1 aliphatic heterocycles. The van der Waals surface area contributed by atoms with Crippen LogP contribution in [0.4, 0.5) is 0 Å². The first-order valence-electron chi connectivity index (χ1n) is 11.2. The predicted molar refractivity (Wildman–Crippen MR) is 135 cm³/mol. The standard InChI is InChI=1S/C28H24N2O2S/c1-28(2)16-19-7-3-4-11-21(19)25-26(28)33-27(30-25)18-9-5-10-20(15-18)32-23-14-13-17-8-6-12-22(31)24(17)29-23/h3-15,25-26,31H,16H2,1-2H3/t25-,26-/m0/s1. The van der Waals surface area contributed by atoms with Gasteiger partial charge in [-0.15, -0.1) is 0 Å². The molecule has 2 aliphatic rings. The number of nitrogens with zero attached hydrogens (tertiary/aromatic N) is 2. The van der Waals surface area contributed by atoms with Crippen molar-refractivity contribution in [2.75, 3.05) is 0 Å². The van der Waals surface area contributed by atoms with Crippen LogP contribution in [0, 0.1) is 5.41 Å². The second-order valence-corrected chi connectivity index (χ2v) is 10.5. The Hall–Kier alpha value is -3.31. The zero-order valence-corrected chi connectivity index (χ0v) is 19.3. The van der Waals surface area contributed by atoms with E-state index in [0.717, 1.165) is 22.4 Å². The molecule has 0 saturated heterocycles. The molecule has 3 aromatic carbocycles. The van der Waals surface area contributed by atoms with Crippen LogP contribution in [0.2, 0.25) is 0 Å². The lowest BCUT2D eigenvalue weighted by molar-refractivity contribution is 0.301. The average molecular weight is 453 g/mol. The van der Waals surface area contributed by atoms with E-state index in [1.54, 1.807) is 12.1 Å². The van der Waals surface area contributed by atoms with Gasteiger partial charge in [0.15, 0.2) is 0 Å². The van der Waals surface area contributed by atoms with Crippen LogP contribution in [-0.2, 0) is 6.42 Å². The molecule has 0 bridgehead atoms. The van der Waals surface area contributed by atoms with E-state index < -0.39 is 0 Å². The highest BCUT2D eigenvalue weighted by molar-refractivity contribution is 8.15. The van der Waals surface area contributed by atoms with E-state index in [0.29, 0.717) is 22.4 Å². The van der Waals surface area contributed by atoms with Crippen molar-refractivity contribution < 1.29 is 9.84 Å². The minimum Gasteiger partial charge on any atom is -0.506 e. The van der Waals surface area contributed by atoms with Crippen molar-refractivity contribution in [3.63, 3.8) is 0 Å². The number of hydrogen-bond donors (Lipinski definition) is 1. The molecular formula is C28H24N2O2S. The van der Waals surface area contributed by atoms with Gasteiger partial charge in [-0.25, -0.2) is 4.98 Å². The summed E-state index contributed by atoms with van der Waals surface area (Å²) >= 11 is 1.88. The number of thioether (sulfide) groups is 1. The molecular weight excluding hydrogens is 428 g/mol. The summed E-state index contributed by atoms with van der Waals surface area (Å²) in [7, 11) is 0. The predicted octanol–water partition coefficient (Wildman–Crippen LogP) is 6.92. The number of fused-ring (bicyclic) bond motifs is 4. The number of phenols is 1. The second kappa shape index (κ2) is 7.63. The Balaban J connectivity index is 1.31. The molecule has 5 heteroatoms. The minimum absolute atomic E-state index is 0.147. The number of ether oxygens (including phenoxy) is 1. The Kier molecular flexibility index (Phi) is 4.70. The quantitative estimate of drug-likeness (QED) is 0.367. The smallest absolute Gasteiger partial charge is 0.219 e. The van der Waals surface area contributed by atoms with Crippen LogP contribution in [0.25, 0.3) is 10.9 Å². The molecule has 1 aliphatic carbocycles. The number of para-hydroxylation sites is 1. The van der Waals surface area contributed by atoms with E-state index in [2.05, 4.69) is 49.2 Å². The van der Waals surface area contributed by atoms with Gasteiger partial charge in [-0.2, -0.15) is 0 Å². The normalized spacial score (nSPS) is 20.7. The molecule has 6 rings (SSSR count). The summed E-state index contributed by atoms with van der Waals surface area (Å²) in [6, 6.07) is 26.0. The zero-order valence-electron chi connectivity index (χ0n) is 18.5. The van der Waals surface area contributed by atoms with Gasteiger partial charge in [0.2, 0.25) is 5.88 Å². The van der Waals surface area contributed by atoms with Gasteiger partial charge in [0.25, 0.3) is 0 Å². The third-order valence-corrected chi connectivity index (χ3v) is 8.26. The van der Waals surface area contributed by atoms with Crippen molar-refractivity contribution in [3.8, 4) is 17.4 Å². The monoisotopic (exact) mass is 452 g/mol. The van der Waals surface area contributed by atoms with Gasteiger partial charge in [-0.3, -0.25) is 4.99 Å².